The van der Waals surface area contributed by atoms with Gasteiger partial charge >= 0.3 is 0 Å². The lowest BCUT2D eigenvalue weighted by Crippen LogP contribution is -2.48. The van der Waals surface area contributed by atoms with E-state index in [1.807, 2.05) is 24.5 Å². The smallest absolute Gasteiger partial charge is 0.258 e. The Bertz CT molecular complexity index is 613. The molecule has 0 saturated carbocycles. The predicted molar refractivity (Wildman–Crippen MR) is 113 cm³/mol. The average molecular weight is 414 g/mol. The van der Waals surface area contributed by atoms with Crippen LogP contribution in [0.4, 0.5) is 0 Å². The van der Waals surface area contributed by atoms with Gasteiger partial charge in [0.1, 0.15) is 11.8 Å². The summed E-state index contributed by atoms with van der Waals surface area (Å²) in [7, 11) is 0. The maximum absolute atomic E-state index is 12.5. The Morgan fingerprint density at radius 3 is 2.74 bits per heavy atom. The summed E-state index contributed by atoms with van der Waals surface area (Å²) in [5, 5.41) is 8.97. The zero-order chi connectivity index (χ0) is 18.6. The quantitative estimate of drug-likeness (QED) is 0.509. The first kappa shape index (κ1) is 23.3. The zero-order valence-electron chi connectivity index (χ0n) is 15.5. The Labute approximate surface area is 171 Å². The van der Waals surface area contributed by atoms with Gasteiger partial charge in [-0.2, -0.15) is 11.8 Å². The lowest BCUT2D eigenvalue weighted by molar-refractivity contribution is -0.130. The van der Waals surface area contributed by atoms with Gasteiger partial charge in [0.2, 0.25) is 5.91 Å². The van der Waals surface area contributed by atoms with E-state index < -0.39 is 6.04 Å². The molecule has 2 amide bonds. The maximum atomic E-state index is 12.5. The Morgan fingerprint density at radius 2 is 2.07 bits per heavy atom. The zero-order valence-corrected chi connectivity index (χ0v) is 17.2. The molecule has 150 valence electrons. The third kappa shape index (κ3) is 9.17. The van der Waals surface area contributed by atoms with E-state index in [2.05, 4.69) is 22.0 Å². The maximum Gasteiger partial charge on any atom is 0.258 e. The van der Waals surface area contributed by atoms with Gasteiger partial charge in [0.15, 0.2) is 6.61 Å². The summed E-state index contributed by atoms with van der Waals surface area (Å²) in [5.74, 6) is 0.984. The lowest BCUT2D eigenvalue weighted by Gasteiger charge is -2.20. The van der Waals surface area contributed by atoms with Crippen LogP contribution in [0.1, 0.15) is 12.8 Å². The Balaban J connectivity index is 0.00000364. The van der Waals surface area contributed by atoms with Crippen molar-refractivity contribution in [3.8, 4) is 5.75 Å². The van der Waals surface area contributed by atoms with Crippen LogP contribution in [0.5, 0.6) is 5.75 Å². The van der Waals surface area contributed by atoms with Crippen LogP contribution in [0.25, 0.3) is 0 Å². The summed E-state index contributed by atoms with van der Waals surface area (Å²) in [6.45, 7) is 2.20. The number of carbonyl (C=O) groups is 2. The van der Waals surface area contributed by atoms with Crippen molar-refractivity contribution in [1.82, 2.24) is 16.0 Å². The molecule has 1 aromatic rings. The fourth-order valence-corrected chi connectivity index (χ4v) is 3.03. The van der Waals surface area contributed by atoms with E-state index >= 15 is 0 Å². The molecule has 0 spiro atoms. The molecule has 0 aliphatic carbocycles. The molecule has 1 aliphatic rings. The lowest BCUT2D eigenvalue weighted by atomic mass is 10.1. The van der Waals surface area contributed by atoms with Gasteiger partial charge in [-0.3, -0.25) is 9.59 Å². The molecule has 2 rings (SSSR count). The molecular weight excluding hydrogens is 386 g/mol. The monoisotopic (exact) mass is 413 g/mol. The number of para-hydroxylation sites is 1. The molecule has 0 saturated heterocycles. The number of amides is 2. The summed E-state index contributed by atoms with van der Waals surface area (Å²) in [6, 6.07) is 8.61. The van der Waals surface area contributed by atoms with E-state index in [9.17, 15) is 9.59 Å². The minimum atomic E-state index is -0.545. The van der Waals surface area contributed by atoms with Crippen LogP contribution >= 0.6 is 24.2 Å². The van der Waals surface area contributed by atoms with E-state index in [1.54, 1.807) is 23.9 Å². The Kier molecular flexibility index (Phi) is 11.6. The van der Waals surface area contributed by atoms with Gasteiger partial charge in [0.05, 0.1) is 0 Å². The van der Waals surface area contributed by atoms with Crippen LogP contribution in [0.15, 0.2) is 42.0 Å². The number of thioether (sulfide) groups is 1. The third-order valence-electron chi connectivity index (χ3n) is 4.02. The largest absolute Gasteiger partial charge is 0.484 e. The topological polar surface area (TPSA) is 79.5 Å². The molecule has 0 radical (unpaired) electrons. The summed E-state index contributed by atoms with van der Waals surface area (Å²) >= 11 is 1.65. The van der Waals surface area contributed by atoms with Gasteiger partial charge < -0.3 is 20.7 Å². The number of halogens is 1. The van der Waals surface area contributed by atoms with Crippen molar-refractivity contribution in [1.29, 1.82) is 0 Å². The SMILES string of the molecule is CSCCC(NC(=O)COc1ccccc1)C(=O)NCC1=CCNCC1.Cl. The number of hydrogen-bond acceptors (Lipinski definition) is 5. The van der Waals surface area contributed by atoms with Crippen molar-refractivity contribution >= 4 is 36.0 Å². The van der Waals surface area contributed by atoms with E-state index in [-0.39, 0.29) is 30.8 Å². The van der Waals surface area contributed by atoms with Crippen molar-refractivity contribution in [2.75, 3.05) is 38.2 Å². The van der Waals surface area contributed by atoms with E-state index in [4.69, 9.17) is 4.74 Å². The molecule has 1 heterocycles. The first-order chi connectivity index (χ1) is 12.7. The van der Waals surface area contributed by atoms with Gasteiger partial charge in [-0.25, -0.2) is 0 Å². The number of carbonyl (C=O) groups excluding carboxylic acids is 2. The standard InChI is InChI=1S/C19H27N3O3S.ClH/c1-26-12-9-17(19(24)21-13-15-7-10-20-11-8-15)22-18(23)14-25-16-5-3-2-4-6-16;/h2-7,17,20H,8-14H2,1H3,(H,21,24)(H,22,23);1H. The summed E-state index contributed by atoms with van der Waals surface area (Å²) < 4.78 is 5.44. The molecule has 27 heavy (non-hydrogen) atoms. The molecule has 1 atom stereocenters. The van der Waals surface area contributed by atoms with Gasteiger partial charge in [-0.15, -0.1) is 12.4 Å². The minimum absolute atomic E-state index is 0. The highest BCUT2D eigenvalue weighted by molar-refractivity contribution is 7.98. The number of benzene rings is 1. The second-order valence-corrected chi connectivity index (χ2v) is 7.02. The second kappa shape index (κ2) is 13.5. The molecule has 1 unspecified atom stereocenters. The van der Waals surface area contributed by atoms with Crippen LogP contribution in [0.3, 0.4) is 0 Å². The van der Waals surface area contributed by atoms with E-state index in [1.165, 1.54) is 5.57 Å². The molecule has 8 heteroatoms. The van der Waals surface area contributed by atoms with Gasteiger partial charge in [0, 0.05) is 13.1 Å². The normalized spacial score (nSPS) is 14.3. The molecule has 0 aromatic heterocycles. The molecular formula is C19H28ClN3O3S. The number of hydrogen-bond donors (Lipinski definition) is 3. The summed E-state index contributed by atoms with van der Waals surface area (Å²) in [5.41, 5.74) is 1.22. The summed E-state index contributed by atoms with van der Waals surface area (Å²) in [6.07, 6.45) is 5.61. The van der Waals surface area contributed by atoms with E-state index in [0.29, 0.717) is 18.7 Å². The van der Waals surface area contributed by atoms with Gasteiger partial charge in [-0.1, -0.05) is 29.8 Å². The van der Waals surface area contributed by atoms with Crippen LogP contribution < -0.4 is 20.7 Å². The van der Waals surface area contributed by atoms with Crippen LogP contribution in [-0.4, -0.2) is 56.1 Å². The predicted octanol–water partition coefficient (Wildman–Crippen LogP) is 1.76. The fourth-order valence-electron chi connectivity index (χ4n) is 2.56. The highest BCUT2D eigenvalue weighted by Crippen LogP contribution is 2.08. The van der Waals surface area contributed by atoms with Crippen molar-refractivity contribution in [2.24, 2.45) is 0 Å². The highest BCUT2D eigenvalue weighted by Gasteiger charge is 2.20. The highest BCUT2D eigenvalue weighted by atomic mass is 35.5. The Hall–Kier alpha value is -1.70. The van der Waals surface area contributed by atoms with Crippen LogP contribution in [-0.2, 0) is 9.59 Å². The van der Waals surface area contributed by atoms with Crippen LogP contribution in [0.2, 0.25) is 0 Å². The molecule has 0 fully saturated rings. The second-order valence-electron chi connectivity index (χ2n) is 6.04. The average Bonchev–Trinajstić information content (AvgIpc) is 2.69. The molecule has 0 bridgehead atoms. The van der Waals surface area contributed by atoms with Gasteiger partial charge in [-0.05, 0) is 43.5 Å². The van der Waals surface area contributed by atoms with Crippen molar-refractivity contribution in [3.63, 3.8) is 0 Å². The molecule has 3 N–H and O–H groups in total. The van der Waals surface area contributed by atoms with Crippen LogP contribution in [0, 0.1) is 0 Å². The first-order valence-electron chi connectivity index (χ1n) is 8.81. The number of nitrogens with one attached hydrogen (secondary N) is 3. The van der Waals surface area contributed by atoms with Crippen molar-refractivity contribution < 1.29 is 14.3 Å². The molecule has 1 aliphatic heterocycles. The number of ether oxygens (including phenoxy) is 1. The van der Waals surface area contributed by atoms with Crippen molar-refractivity contribution in [3.05, 3.63) is 42.0 Å². The van der Waals surface area contributed by atoms with E-state index in [0.717, 1.165) is 25.3 Å². The number of rotatable bonds is 10. The van der Waals surface area contributed by atoms with Crippen molar-refractivity contribution in [2.45, 2.75) is 18.9 Å². The van der Waals surface area contributed by atoms with Gasteiger partial charge in [0.25, 0.3) is 5.91 Å². The first-order valence-corrected chi connectivity index (χ1v) is 10.2. The molecule has 6 nitrogen and oxygen atoms in total. The Morgan fingerprint density at radius 1 is 1.30 bits per heavy atom. The summed E-state index contributed by atoms with van der Waals surface area (Å²) in [4.78, 5) is 24.6. The molecule has 1 aromatic carbocycles. The fraction of sp³-hybridized carbons (Fsp3) is 0.474. The minimum Gasteiger partial charge on any atom is -0.484 e. The third-order valence-corrected chi connectivity index (χ3v) is 4.67.